The molecule has 1 aromatic carbocycles. The number of alkyl halides is 3. The van der Waals surface area contributed by atoms with E-state index in [-0.39, 0.29) is 35.7 Å². The zero-order valence-corrected chi connectivity index (χ0v) is 18.6. The van der Waals surface area contributed by atoms with Gasteiger partial charge in [-0.15, -0.1) is 0 Å². The molecule has 12 heteroatoms. The maximum Gasteiger partial charge on any atom is 0.419 e. The summed E-state index contributed by atoms with van der Waals surface area (Å²) in [6.07, 6.45) is 1.33. The number of nitrogens with one attached hydrogen (secondary N) is 1. The summed E-state index contributed by atoms with van der Waals surface area (Å²) in [5, 5.41) is 11.0. The van der Waals surface area contributed by atoms with Gasteiger partial charge in [-0.3, -0.25) is 4.79 Å². The highest BCUT2D eigenvalue weighted by molar-refractivity contribution is 5.98. The number of benzene rings is 1. The van der Waals surface area contributed by atoms with Gasteiger partial charge in [-0.1, -0.05) is 6.92 Å². The van der Waals surface area contributed by atoms with E-state index in [0.29, 0.717) is 24.5 Å². The molecule has 4 rings (SSSR count). The number of rotatable bonds is 5. The minimum absolute atomic E-state index is 0.0149. The lowest BCUT2D eigenvalue weighted by molar-refractivity contribution is -0.138. The first-order valence-electron chi connectivity index (χ1n) is 10.8. The zero-order valence-electron chi connectivity index (χ0n) is 18.6. The van der Waals surface area contributed by atoms with Crippen LogP contribution in [0.15, 0.2) is 36.9 Å². The number of anilines is 1. The average Bonchev–Trinajstić information content (AvgIpc) is 3.32. The molecule has 0 spiro atoms. The molecule has 2 aromatic heterocycles. The van der Waals surface area contributed by atoms with E-state index in [1.54, 1.807) is 17.9 Å². The van der Waals surface area contributed by atoms with Gasteiger partial charge >= 0.3 is 6.18 Å². The molecule has 1 aliphatic heterocycles. The molecule has 1 N–H and O–H groups in total. The number of halogens is 4. The van der Waals surface area contributed by atoms with E-state index < -0.39 is 23.5 Å². The van der Waals surface area contributed by atoms with Crippen molar-refractivity contribution in [1.82, 2.24) is 29.9 Å². The number of likely N-dealkylation sites (tertiary alicyclic amines) is 1. The molecule has 180 valence electrons. The Balaban J connectivity index is 1.59. The van der Waals surface area contributed by atoms with Crippen LogP contribution in [0.1, 0.15) is 41.3 Å². The fourth-order valence-electron chi connectivity index (χ4n) is 4.15. The number of nitrogens with zero attached hydrogens (tertiary/aromatic N) is 6. The summed E-state index contributed by atoms with van der Waals surface area (Å²) >= 11 is 0. The van der Waals surface area contributed by atoms with E-state index in [4.69, 9.17) is 0 Å². The van der Waals surface area contributed by atoms with Gasteiger partial charge in [0.1, 0.15) is 17.1 Å². The number of carbonyl (C=O) groups is 1. The second-order valence-electron chi connectivity index (χ2n) is 8.32. The molecule has 0 aliphatic carbocycles. The van der Waals surface area contributed by atoms with Crippen molar-refractivity contribution in [3.8, 4) is 5.69 Å². The summed E-state index contributed by atoms with van der Waals surface area (Å²) in [5.41, 5.74) is -0.225. The van der Waals surface area contributed by atoms with E-state index in [0.717, 1.165) is 12.8 Å². The molecular formula is C22H23F4N7O. The molecule has 3 heterocycles. The van der Waals surface area contributed by atoms with Crippen LogP contribution in [0, 0.1) is 18.7 Å². The van der Waals surface area contributed by atoms with Crippen molar-refractivity contribution < 1.29 is 22.4 Å². The van der Waals surface area contributed by atoms with Crippen LogP contribution >= 0.6 is 0 Å². The highest BCUT2D eigenvalue weighted by atomic mass is 19.4. The number of hydrogen-bond acceptors (Lipinski definition) is 6. The molecule has 3 aromatic rings. The summed E-state index contributed by atoms with van der Waals surface area (Å²) in [6.45, 7) is 4.29. The van der Waals surface area contributed by atoms with E-state index >= 15 is 4.39 Å². The number of piperidine rings is 1. The number of aromatic nitrogens is 5. The second-order valence-corrected chi connectivity index (χ2v) is 8.32. The lowest BCUT2D eigenvalue weighted by Crippen LogP contribution is -2.51. The van der Waals surface area contributed by atoms with Crippen molar-refractivity contribution in [2.45, 2.75) is 38.9 Å². The Morgan fingerprint density at radius 1 is 1.18 bits per heavy atom. The number of amides is 1. The summed E-state index contributed by atoms with van der Waals surface area (Å²) < 4.78 is 53.3. The minimum Gasteiger partial charge on any atom is -0.352 e. The third-order valence-corrected chi connectivity index (χ3v) is 5.89. The van der Waals surface area contributed by atoms with E-state index in [2.05, 4.69) is 25.5 Å². The molecule has 0 radical (unpaired) electrons. The Morgan fingerprint density at radius 3 is 2.50 bits per heavy atom. The Hall–Kier alpha value is -3.57. The van der Waals surface area contributed by atoms with Gasteiger partial charge in [0.2, 0.25) is 5.95 Å². The van der Waals surface area contributed by atoms with Gasteiger partial charge in [0.05, 0.1) is 24.0 Å². The van der Waals surface area contributed by atoms with Crippen molar-refractivity contribution in [2.24, 2.45) is 5.92 Å². The van der Waals surface area contributed by atoms with Gasteiger partial charge in [-0.05, 0) is 43.4 Å². The maximum atomic E-state index is 15.1. The first-order valence-corrected chi connectivity index (χ1v) is 10.8. The molecule has 1 saturated heterocycles. The standard InChI is InChI=1S/C22H23F4N7O/c1-13-8-16(23)19(17(9-13)33-30-5-6-31-33)20(34)32-7-3-4-14(2)18(32)12-29-21-27-10-15(11-28-21)22(24,25)26/h5-6,8-11,14,18H,3-4,7,12H2,1-2H3,(H,27,28,29)/t14-,18?/m1/s1. The smallest absolute Gasteiger partial charge is 0.352 e. The van der Waals surface area contributed by atoms with Crippen LogP contribution in [-0.4, -0.2) is 54.9 Å². The van der Waals surface area contributed by atoms with Crippen LogP contribution in [0.5, 0.6) is 0 Å². The maximum absolute atomic E-state index is 15.1. The third kappa shape index (κ3) is 4.85. The largest absolute Gasteiger partial charge is 0.419 e. The minimum atomic E-state index is -4.53. The van der Waals surface area contributed by atoms with E-state index in [1.165, 1.54) is 23.3 Å². The monoisotopic (exact) mass is 477 g/mol. The van der Waals surface area contributed by atoms with Crippen molar-refractivity contribution in [3.63, 3.8) is 0 Å². The fourth-order valence-corrected chi connectivity index (χ4v) is 4.15. The van der Waals surface area contributed by atoms with E-state index in [9.17, 15) is 18.0 Å². The summed E-state index contributed by atoms with van der Waals surface area (Å²) in [6, 6.07) is 2.58. The van der Waals surface area contributed by atoms with Crippen LogP contribution < -0.4 is 5.32 Å². The lowest BCUT2D eigenvalue weighted by atomic mass is 9.89. The van der Waals surface area contributed by atoms with Gasteiger partial charge in [0.25, 0.3) is 5.91 Å². The molecule has 0 bridgehead atoms. The van der Waals surface area contributed by atoms with E-state index in [1.807, 2.05) is 6.92 Å². The number of hydrogen-bond donors (Lipinski definition) is 1. The van der Waals surface area contributed by atoms with Crippen LogP contribution in [0.3, 0.4) is 0 Å². The first-order chi connectivity index (χ1) is 16.1. The van der Waals surface area contributed by atoms with Crippen LogP contribution in [0.25, 0.3) is 5.69 Å². The van der Waals surface area contributed by atoms with Crippen molar-refractivity contribution in [3.05, 3.63) is 59.4 Å². The summed E-state index contributed by atoms with van der Waals surface area (Å²) in [7, 11) is 0. The molecule has 8 nitrogen and oxygen atoms in total. The Kier molecular flexibility index (Phi) is 6.49. The topological polar surface area (TPSA) is 88.8 Å². The molecule has 0 saturated carbocycles. The second kappa shape index (κ2) is 9.35. The average molecular weight is 477 g/mol. The van der Waals surface area contributed by atoms with Gasteiger partial charge in [0, 0.05) is 25.5 Å². The van der Waals surface area contributed by atoms with Gasteiger partial charge in [0.15, 0.2) is 0 Å². The third-order valence-electron chi connectivity index (χ3n) is 5.89. The van der Waals surface area contributed by atoms with Gasteiger partial charge in [-0.25, -0.2) is 14.4 Å². The Labute approximate surface area is 193 Å². The molecule has 1 amide bonds. The lowest BCUT2D eigenvalue weighted by Gasteiger charge is -2.40. The highest BCUT2D eigenvalue weighted by Crippen LogP contribution is 2.30. The quantitative estimate of drug-likeness (QED) is 0.562. The fraction of sp³-hybridized carbons (Fsp3) is 0.409. The molecule has 34 heavy (non-hydrogen) atoms. The zero-order chi connectivity index (χ0) is 24.5. The van der Waals surface area contributed by atoms with Gasteiger partial charge in [-0.2, -0.15) is 28.2 Å². The summed E-state index contributed by atoms with van der Waals surface area (Å²) in [4.78, 5) is 23.9. The Morgan fingerprint density at radius 2 is 1.85 bits per heavy atom. The predicted octanol–water partition coefficient (Wildman–Crippen LogP) is 3.88. The Bertz CT molecular complexity index is 1150. The normalized spacial score (nSPS) is 18.7. The molecule has 1 aliphatic rings. The van der Waals surface area contributed by atoms with Crippen molar-refractivity contribution in [2.75, 3.05) is 18.4 Å². The molecule has 1 unspecified atom stereocenters. The van der Waals surface area contributed by atoms with Crippen LogP contribution in [0.4, 0.5) is 23.5 Å². The van der Waals surface area contributed by atoms with Crippen LogP contribution in [-0.2, 0) is 6.18 Å². The predicted molar refractivity (Wildman–Crippen MR) is 115 cm³/mol. The number of carbonyl (C=O) groups excluding carboxylic acids is 1. The molecule has 2 atom stereocenters. The molecular weight excluding hydrogens is 454 g/mol. The van der Waals surface area contributed by atoms with Crippen LogP contribution in [0.2, 0.25) is 0 Å². The summed E-state index contributed by atoms with van der Waals surface area (Å²) in [5.74, 6) is -1.11. The van der Waals surface area contributed by atoms with Crippen molar-refractivity contribution >= 4 is 11.9 Å². The van der Waals surface area contributed by atoms with Gasteiger partial charge < -0.3 is 10.2 Å². The first kappa shape index (κ1) is 23.6. The number of aryl methyl sites for hydroxylation is 1. The SMILES string of the molecule is Cc1cc(F)c(C(=O)N2CCC[C@@H](C)C2CNc2ncc(C(F)(F)F)cn2)c(-n2nccn2)c1. The van der Waals surface area contributed by atoms with Crippen molar-refractivity contribution in [1.29, 1.82) is 0 Å². The highest BCUT2D eigenvalue weighted by Gasteiger charge is 2.35. The molecule has 1 fully saturated rings.